The molecule has 1 rings (SSSR count). The van der Waals surface area contributed by atoms with E-state index in [-0.39, 0.29) is 6.04 Å². The van der Waals surface area contributed by atoms with Crippen molar-refractivity contribution < 1.29 is 0 Å². The molecule has 0 amide bonds. The molecule has 11 heavy (non-hydrogen) atoms. The molecule has 0 aliphatic carbocycles. The summed E-state index contributed by atoms with van der Waals surface area (Å²) < 4.78 is 0.956. The van der Waals surface area contributed by atoms with E-state index >= 15 is 0 Å². The van der Waals surface area contributed by atoms with Crippen LogP contribution in [0.25, 0.3) is 0 Å². The predicted octanol–water partition coefficient (Wildman–Crippen LogP) is 2.19. The summed E-state index contributed by atoms with van der Waals surface area (Å²) in [7, 11) is 0. The minimum Gasteiger partial charge on any atom is -0.328 e. The number of aryl methyl sites for hydroxylation is 1. The molecule has 0 radical (unpaired) electrons. The van der Waals surface area contributed by atoms with Gasteiger partial charge in [0.15, 0.2) is 3.92 Å². The summed E-state index contributed by atoms with van der Waals surface area (Å²) in [6.45, 7) is 2.02. The quantitative estimate of drug-likeness (QED) is 0.872. The van der Waals surface area contributed by atoms with E-state index in [9.17, 15) is 0 Å². The number of hydrogen-bond acceptors (Lipinski definition) is 3. The Bertz CT molecular complexity index is 222. The Morgan fingerprint density at radius 3 is 3.00 bits per heavy atom. The maximum Gasteiger partial charge on any atom is 0.159 e. The highest BCUT2D eigenvalue weighted by Crippen LogP contribution is 2.16. The first kappa shape index (κ1) is 9.16. The molecule has 0 unspecified atom stereocenters. The van der Waals surface area contributed by atoms with Crippen molar-refractivity contribution in [2.45, 2.75) is 25.8 Å². The average molecular weight is 235 g/mol. The molecule has 62 valence electrons. The molecule has 2 N–H and O–H groups in total. The first-order valence-corrected chi connectivity index (χ1v) is 5.21. The van der Waals surface area contributed by atoms with Gasteiger partial charge in [-0.15, -0.1) is 11.3 Å². The van der Waals surface area contributed by atoms with Gasteiger partial charge in [0.1, 0.15) is 0 Å². The number of nitrogens with two attached hydrogens (primary N) is 1. The van der Waals surface area contributed by atoms with Crippen molar-refractivity contribution in [2.24, 2.45) is 5.73 Å². The standard InChI is InChI=1S/C7H11BrN2S/c1-5(9)2-3-6-4-11-7(8)10-6/h4-5H,2-3,9H2,1H3/t5-/m0/s1. The van der Waals surface area contributed by atoms with Crippen LogP contribution in [0.15, 0.2) is 9.30 Å². The molecule has 0 aliphatic heterocycles. The van der Waals surface area contributed by atoms with Gasteiger partial charge in [-0.1, -0.05) is 0 Å². The fraction of sp³-hybridized carbons (Fsp3) is 0.571. The maximum atomic E-state index is 5.61. The van der Waals surface area contributed by atoms with Gasteiger partial charge in [0.25, 0.3) is 0 Å². The van der Waals surface area contributed by atoms with Crippen LogP contribution in [0.1, 0.15) is 19.0 Å². The van der Waals surface area contributed by atoms with Crippen molar-refractivity contribution in [1.29, 1.82) is 0 Å². The Labute approximate surface area is 79.0 Å². The molecule has 1 aromatic rings. The normalized spacial score (nSPS) is 13.4. The van der Waals surface area contributed by atoms with Crippen LogP contribution in [0.5, 0.6) is 0 Å². The number of nitrogens with zero attached hydrogens (tertiary/aromatic N) is 1. The van der Waals surface area contributed by atoms with Crippen LogP contribution in [-0.4, -0.2) is 11.0 Å². The summed E-state index contributed by atoms with van der Waals surface area (Å²) in [6.07, 6.45) is 2.00. The highest BCUT2D eigenvalue weighted by atomic mass is 79.9. The van der Waals surface area contributed by atoms with Crippen LogP contribution < -0.4 is 5.73 Å². The Morgan fingerprint density at radius 2 is 2.55 bits per heavy atom. The summed E-state index contributed by atoms with van der Waals surface area (Å²) in [5, 5.41) is 2.06. The Morgan fingerprint density at radius 1 is 1.82 bits per heavy atom. The minimum absolute atomic E-state index is 0.274. The van der Waals surface area contributed by atoms with E-state index in [0.29, 0.717) is 0 Å². The second-order valence-corrected chi connectivity index (χ2v) is 4.74. The summed E-state index contributed by atoms with van der Waals surface area (Å²) in [5.74, 6) is 0. The Hall–Kier alpha value is 0.0700. The second kappa shape index (κ2) is 4.18. The molecule has 0 aliphatic rings. The van der Waals surface area contributed by atoms with Crippen molar-refractivity contribution in [3.05, 3.63) is 15.0 Å². The molecular weight excluding hydrogens is 224 g/mol. The van der Waals surface area contributed by atoms with Gasteiger partial charge in [0, 0.05) is 11.4 Å². The van der Waals surface area contributed by atoms with Gasteiger partial charge in [-0.2, -0.15) is 0 Å². The van der Waals surface area contributed by atoms with E-state index < -0.39 is 0 Å². The van der Waals surface area contributed by atoms with Gasteiger partial charge >= 0.3 is 0 Å². The molecule has 0 saturated heterocycles. The molecule has 0 fully saturated rings. The lowest BCUT2D eigenvalue weighted by molar-refractivity contribution is 0.659. The van der Waals surface area contributed by atoms with E-state index in [1.54, 1.807) is 11.3 Å². The van der Waals surface area contributed by atoms with Crippen molar-refractivity contribution in [3.8, 4) is 0 Å². The van der Waals surface area contributed by atoms with Gasteiger partial charge < -0.3 is 5.73 Å². The SMILES string of the molecule is C[C@H](N)CCc1csc(Br)n1. The van der Waals surface area contributed by atoms with E-state index in [1.807, 2.05) is 6.92 Å². The van der Waals surface area contributed by atoms with Gasteiger partial charge in [-0.05, 0) is 35.7 Å². The van der Waals surface area contributed by atoms with Crippen LogP contribution >= 0.6 is 27.3 Å². The molecule has 4 heteroatoms. The van der Waals surface area contributed by atoms with E-state index in [4.69, 9.17) is 5.73 Å². The largest absolute Gasteiger partial charge is 0.328 e. The molecule has 1 atom stereocenters. The molecule has 0 bridgehead atoms. The molecule has 1 aromatic heterocycles. The molecule has 0 spiro atoms. The van der Waals surface area contributed by atoms with Gasteiger partial charge in [0.05, 0.1) is 5.69 Å². The van der Waals surface area contributed by atoms with Crippen LogP contribution in [0, 0.1) is 0 Å². The molecule has 2 nitrogen and oxygen atoms in total. The van der Waals surface area contributed by atoms with Crippen LogP contribution in [-0.2, 0) is 6.42 Å². The maximum absolute atomic E-state index is 5.61. The third kappa shape index (κ3) is 3.31. The monoisotopic (exact) mass is 234 g/mol. The van der Waals surface area contributed by atoms with Crippen molar-refractivity contribution in [1.82, 2.24) is 4.98 Å². The highest BCUT2D eigenvalue weighted by Gasteiger charge is 2.00. The van der Waals surface area contributed by atoms with Gasteiger partial charge in [-0.25, -0.2) is 4.98 Å². The third-order valence-corrected chi connectivity index (χ3v) is 2.79. The zero-order chi connectivity index (χ0) is 8.27. The molecule has 1 heterocycles. The van der Waals surface area contributed by atoms with Crippen LogP contribution in [0.3, 0.4) is 0 Å². The first-order valence-electron chi connectivity index (χ1n) is 3.54. The van der Waals surface area contributed by atoms with Crippen LogP contribution in [0.2, 0.25) is 0 Å². The summed E-state index contributed by atoms with van der Waals surface area (Å²) >= 11 is 4.94. The van der Waals surface area contributed by atoms with E-state index in [1.165, 1.54) is 0 Å². The lowest BCUT2D eigenvalue weighted by atomic mass is 10.2. The number of hydrogen-bond donors (Lipinski definition) is 1. The summed E-state index contributed by atoms with van der Waals surface area (Å²) in [6, 6.07) is 0.274. The number of thiazole rings is 1. The molecule has 0 saturated carbocycles. The first-order chi connectivity index (χ1) is 5.18. The Kier molecular flexibility index (Phi) is 3.48. The highest BCUT2D eigenvalue weighted by molar-refractivity contribution is 9.11. The number of aromatic nitrogens is 1. The number of halogens is 1. The van der Waals surface area contributed by atoms with Gasteiger partial charge in [-0.3, -0.25) is 0 Å². The fourth-order valence-corrected chi connectivity index (χ4v) is 1.85. The van der Waals surface area contributed by atoms with E-state index in [0.717, 1.165) is 22.5 Å². The number of rotatable bonds is 3. The second-order valence-electron chi connectivity index (χ2n) is 2.61. The molecular formula is C7H11BrN2S. The van der Waals surface area contributed by atoms with Crippen LogP contribution in [0.4, 0.5) is 0 Å². The van der Waals surface area contributed by atoms with Crippen molar-refractivity contribution >= 4 is 27.3 Å². The topological polar surface area (TPSA) is 38.9 Å². The summed E-state index contributed by atoms with van der Waals surface area (Å²) in [5.41, 5.74) is 6.75. The Balaban J connectivity index is 2.39. The minimum atomic E-state index is 0.274. The fourth-order valence-electron chi connectivity index (χ4n) is 0.773. The van der Waals surface area contributed by atoms with E-state index in [2.05, 4.69) is 26.3 Å². The predicted molar refractivity (Wildman–Crippen MR) is 51.8 cm³/mol. The zero-order valence-electron chi connectivity index (χ0n) is 6.38. The average Bonchev–Trinajstić information content (AvgIpc) is 2.31. The van der Waals surface area contributed by atoms with Crippen molar-refractivity contribution in [3.63, 3.8) is 0 Å². The zero-order valence-corrected chi connectivity index (χ0v) is 8.78. The van der Waals surface area contributed by atoms with Gasteiger partial charge in [0.2, 0.25) is 0 Å². The smallest absolute Gasteiger partial charge is 0.159 e. The lowest BCUT2D eigenvalue weighted by Crippen LogP contribution is -2.15. The molecule has 0 aromatic carbocycles. The summed E-state index contributed by atoms with van der Waals surface area (Å²) in [4.78, 5) is 4.26. The third-order valence-electron chi connectivity index (χ3n) is 1.38. The lowest BCUT2D eigenvalue weighted by Gasteiger charge is -2.00. The van der Waals surface area contributed by atoms with Crippen molar-refractivity contribution in [2.75, 3.05) is 0 Å².